The van der Waals surface area contributed by atoms with Crippen LogP contribution < -0.4 is 11.6 Å². The fourth-order valence-corrected chi connectivity index (χ4v) is 0.351. The van der Waals surface area contributed by atoms with Gasteiger partial charge in [0.2, 0.25) is 0 Å². The van der Waals surface area contributed by atoms with E-state index in [0.717, 1.165) is 11.4 Å². The number of hydrogen-bond donors (Lipinski definition) is 2. The normalized spacial score (nSPS) is 7.78. The van der Waals surface area contributed by atoms with Gasteiger partial charge in [0, 0.05) is 6.54 Å². The molecule has 0 aromatic carbocycles. The molecular formula is C4H12ClN3O. The lowest BCUT2D eigenvalue weighted by molar-refractivity contribution is 0.209. The van der Waals surface area contributed by atoms with E-state index in [4.69, 9.17) is 11.6 Å². The van der Waals surface area contributed by atoms with Gasteiger partial charge in [-0.1, -0.05) is 6.92 Å². The first-order valence-electron chi connectivity index (χ1n) is 2.50. The molecule has 56 valence electrons. The van der Waals surface area contributed by atoms with Gasteiger partial charge in [-0.2, -0.15) is 0 Å². The third-order valence-corrected chi connectivity index (χ3v) is 0.748. The maximum absolute atomic E-state index is 10.1. The van der Waals surface area contributed by atoms with Crippen LogP contribution in [-0.4, -0.2) is 17.6 Å². The second kappa shape index (κ2) is 5.65. The van der Waals surface area contributed by atoms with Crippen LogP contribution in [0.3, 0.4) is 0 Å². The van der Waals surface area contributed by atoms with Crippen molar-refractivity contribution in [2.75, 3.05) is 6.54 Å². The lowest BCUT2D eigenvalue weighted by Gasteiger charge is -2.10. The first-order valence-corrected chi connectivity index (χ1v) is 2.50. The molecule has 0 atom stereocenters. The Labute approximate surface area is 60.6 Å². The molecule has 0 unspecified atom stereocenters. The summed E-state index contributed by atoms with van der Waals surface area (Å²) < 4.78 is 0. The Morgan fingerprint density at radius 2 is 2.11 bits per heavy atom. The number of carbonyl (C=O) groups excluding carboxylic acids is 1. The molecule has 2 amide bonds. The van der Waals surface area contributed by atoms with Crippen molar-refractivity contribution in [1.29, 1.82) is 0 Å². The summed E-state index contributed by atoms with van der Waals surface area (Å²) in [5, 5.41) is 0.986. The van der Waals surface area contributed by atoms with Crippen molar-refractivity contribution in [3.8, 4) is 0 Å². The highest BCUT2D eigenvalue weighted by atomic mass is 35.5. The van der Waals surface area contributed by atoms with Crippen molar-refractivity contribution in [3.63, 3.8) is 0 Å². The van der Waals surface area contributed by atoms with E-state index in [-0.39, 0.29) is 12.4 Å². The van der Waals surface area contributed by atoms with Crippen molar-refractivity contribution < 1.29 is 4.79 Å². The van der Waals surface area contributed by atoms with E-state index < -0.39 is 6.03 Å². The Morgan fingerprint density at radius 1 is 1.67 bits per heavy atom. The molecule has 0 aliphatic heterocycles. The highest BCUT2D eigenvalue weighted by Gasteiger charge is 1.98. The summed E-state index contributed by atoms with van der Waals surface area (Å²) in [6.07, 6.45) is 0.833. The van der Waals surface area contributed by atoms with Crippen LogP contribution >= 0.6 is 12.4 Å². The molecule has 0 saturated carbocycles. The monoisotopic (exact) mass is 153 g/mol. The maximum Gasteiger partial charge on any atom is 0.328 e. The summed E-state index contributed by atoms with van der Waals surface area (Å²) in [5.74, 6) is 5.09. The van der Waals surface area contributed by atoms with Crippen LogP contribution in [0.2, 0.25) is 0 Å². The standard InChI is InChI=1S/C4H11N3O.ClH/c1-2-3-7(6)4(5)8;/h2-3,6H2,1H3,(H2,5,8);1H. The van der Waals surface area contributed by atoms with Crippen LogP contribution in [0, 0.1) is 0 Å². The van der Waals surface area contributed by atoms with E-state index in [1.807, 2.05) is 6.92 Å². The van der Waals surface area contributed by atoms with Crippen LogP contribution in [0.5, 0.6) is 0 Å². The number of halogens is 1. The molecule has 9 heavy (non-hydrogen) atoms. The maximum atomic E-state index is 10.1. The fourth-order valence-electron chi connectivity index (χ4n) is 0.351. The number of nitrogens with zero attached hydrogens (tertiary/aromatic N) is 1. The van der Waals surface area contributed by atoms with Gasteiger partial charge in [0.05, 0.1) is 0 Å². The van der Waals surface area contributed by atoms with Gasteiger partial charge in [0.15, 0.2) is 0 Å². The van der Waals surface area contributed by atoms with Crippen molar-refractivity contribution in [2.24, 2.45) is 11.6 Å². The Bertz CT molecular complexity index is 87.9. The molecule has 0 aliphatic carbocycles. The second-order valence-electron chi connectivity index (χ2n) is 1.53. The molecule has 0 spiro atoms. The third kappa shape index (κ3) is 5.39. The zero-order valence-corrected chi connectivity index (χ0v) is 6.15. The van der Waals surface area contributed by atoms with Crippen LogP contribution in [0.15, 0.2) is 0 Å². The Hall–Kier alpha value is -0.480. The minimum Gasteiger partial charge on any atom is -0.350 e. The summed E-state index contributed by atoms with van der Waals surface area (Å²) in [7, 11) is 0. The topological polar surface area (TPSA) is 72.3 Å². The van der Waals surface area contributed by atoms with Crippen LogP contribution in [0.25, 0.3) is 0 Å². The van der Waals surface area contributed by atoms with Gasteiger partial charge in [0.1, 0.15) is 0 Å². The molecule has 4 nitrogen and oxygen atoms in total. The summed E-state index contributed by atoms with van der Waals surface area (Å²) >= 11 is 0. The number of carbonyl (C=O) groups is 1. The van der Waals surface area contributed by atoms with Crippen LogP contribution in [0.4, 0.5) is 4.79 Å². The Kier molecular flexibility index (Phi) is 7.12. The highest BCUT2D eigenvalue weighted by molar-refractivity contribution is 5.85. The summed E-state index contributed by atoms with van der Waals surface area (Å²) in [6.45, 7) is 2.44. The molecule has 0 aromatic rings. The smallest absolute Gasteiger partial charge is 0.328 e. The van der Waals surface area contributed by atoms with Gasteiger partial charge < -0.3 is 5.73 Å². The average molecular weight is 154 g/mol. The van der Waals surface area contributed by atoms with E-state index in [2.05, 4.69) is 0 Å². The van der Waals surface area contributed by atoms with E-state index in [1.54, 1.807) is 0 Å². The van der Waals surface area contributed by atoms with Crippen LogP contribution in [-0.2, 0) is 0 Å². The molecule has 0 bridgehead atoms. The van der Waals surface area contributed by atoms with Gasteiger partial charge >= 0.3 is 6.03 Å². The molecule has 0 aromatic heterocycles. The van der Waals surface area contributed by atoms with E-state index in [0.29, 0.717) is 6.54 Å². The number of nitrogens with two attached hydrogens (primary N) is 2. The molecule has 0 saturated heterocycles. The van der Waals surface area contributed by atoms with Crippen molar-refractivity contribution in [2.45, 2.75) is 13.3 Å². The van der Waals surface area contributed by atoms with E-state index in [1.165, 1.54) is 0 Å². The quantitative estimate of drug-likeness (QED) is 0.335. The molecular weight excluding hydrogens is 142 g/mol. The van der Waals surface area contributed by atoms with Crippen molar-refractivity contribution >= 4 is 18.4 Å². The molecule has 0 radical (unpaired) electrons. The minimum atomic E-state index is -0.577. The lowest BCUT2D eigenvalue weighted by Crippen LogP contribution is -2.41. The van der Waals surface area contributed by atoms with E-state index >= 15 is 0 Å². The van der Waals surface area contributed by atoms with Crippen molar-refractivity contribution in [1.82, 2.24) is 5.01 Å². The van der Waals surface area contributed by atoms with Gasteiger partial charge in [-0.15, -0.1) is 12.4 Å². The zero-order chi connectivity index (χ0) is 6.57. The predicted octanol–water partition coefficient (Wildman–Crippen LogP) is 0.0726. The summed E-state index contributed by atoms with van der Waals surface area (Å²) in [4.78, 5) is 10.1. The SMILES string of the molecule is CCCN(N)C(N)=O.Cl. The molecule has 0 heterocycles. The molecule has 0 aliphatic rings. The third-order valence-electron chi connectivity index (χ3n) is 0.748. The summed E-state index contributed by atoms with van der Waals surface area (Å²) in [5.41, 5.74) is 4.78. The summed E-state index contributed by atoms with van der Waals surface area (Å²) in [6, 6.07) is -0.577. The highest BCUT2D eigenvalue weighted by Crippen LogP contribution is 1.79. The zero-order valence-electron chi connectivity index (χ0n) is 5.33. The lowest BCUT2D eigenvalue weighted by atomic mass is 10.5. The number of rotatable bonds is 2. The predicted molar refractivity (Wildman–Crippen MR) is 38.0 cm³/mol. The number of hydrogen-bond acceptors (Lipinski definition) is 2. The second-order valence-corrected chi connectivity index (χ2v) is 1.53. The number of hydrazine groups is 1. The van der Waals surface area contributed by atoms with Gasteiger partial charge in [-0.25, -0.2) is 10.6 Å². The van der Waals surface area contributed by atoms with Gasteiger partial charge in [0.25, 0.3) is 0 Å². The molecule has 0 rings (SSSR count). The molecule has 0 fully saturated rings. The van der Waals surface area contributed by atoms with Gasteiger partial charge in [-0.05, 0) is 6.42 Å². The first kappa shape index (κ1) is 11.3. The molecule has 4 N–H and O–H groups in total. The number of amides is 2. The Balaban J connectivity index is 0. The van der Waals surface area contributed by atoms with Gasteiger partial charge in [-0.3, -0.25) is 5.01 Å². The molecule has 5 heteroatoms. The Morgan fingerprint density at radius 3 is 2.22 bits per heavy atom. The van der Waals surface area contributed by atoms with E-state index in [9.17, 15) is 4.79 Å². The fraction of sp³-hybridized carbons (Fsp3) is 0.750. The largest absolute Gasteiger partial charge is 0.350 e. The minimum absolute atomic E-state index is 0. The first-order chi connectivity index (χ1) is 3.68. The van der Waals surface area contributed by atoms with Crippen LogP contribution in [0.1, 0.15) is 13.3 Å². The number of primary amides is 1. The average Bonchev–Trinajstić information content (AvgIpc) is 1.67. The van der Waals surface area contributed by atoms with Crippen molar-refractivity contribution in [3.05, 3.63) is 0 Å². The number of urea groups is 1.